The number of allylic oxidation sites excluding steroid dienone is 22. The van der Waals surface area contributed by atoms with E-state index in [1.54, 1.807) is 0 Å². The third-order valence-corrected chi connectivity index (χ3v) is 14.4. The molecule has 0 N–H and O–H groups in total. The summed E-state index contributed by atoms with van der Waals surface area (Å²) < 4.78 is 16.9. The Morgan fingerprint density at radius 3 is 0.768 bits per heavy atom. The first-order valence-electron chi connectivity index (χ1n) is 34.2. The molecular weight excluding hydrogens is 1010 g/mol. The Labute approximate surface area is 506 Å². The summed E-state index contributed by atoms with van der Waals surface area (Å²) >= 11 is 0. The van der Waals surface area contributed by atoms with Crippen LogP contribution in [0.5, 0.6) is 0 Å². The molecule has 1 unspecified atom stereocenters. The Kier molecular flexibility index (Phi) is 65.3. The molecule has 6 nitrogen and oxygen atoms in total. The molecule has 0 saturated carbocycles. The van der Waals surface area contributed by atoms with Gasteiger partial charge in [-0.15, -0.1) is 0 Å². The Hall–Kier alpha value is -4.45. The van der Waals surface area contributed by atoms with Crippen molar-refractivity contribution >= 4 is 17.9 Å². The number of ether oxygens (including phenoxy) is 3. The van der Waals surface area contributed by atoms with Gasteiger partial charge in [-0.05, 0) is 141 Å². The van der Waals surface area contributed by atoms with E-state index in [0.717, 1.165) is 135 Å². The van der Waals surface area contributed by atoms with Crippen LogP contribution in [0, 0.1) is 0 Å². The summed E-state index contributed by atoms with van der Waals surface area (Å²) in [5.41, 5.74) is 0. The van der Waals surface area contributed by atoms with Crippen molar-refractivity contribution in [2.75, 3.05) is 13.2 Å². The maximum atomic E-state index is 13.0. The van der Waals surface area contributed by atoms with Gasteiger partial charge in [0.25, 0.3) is 0 Å². The fraction of sp³-hybridized carbons (Fsp3) is 0.671. The molecule has 0 amide bonds. The second kappa shape index (κ2) is 69.0. The fourth-order valence-electron chi connectivity index (χ4n) is 9.25. The molecule has 0 aliphatic carbocycles. The Morgan fingerprint density at radius 2 is 0.476 bits per heavy atom. The van der Waals surface area contributed by atoms with Gasteiger partial charge in [-0.1, -0.05) is 283 Å². The van der Waals surface area contributed by atoms with Crippen molar-refractivity contribution in [2.24, 2.45) is 0 Å². The van der Waals surface area contributed by atoms with Crippen LogP contribution in [0.1, 0.15) is 310 Å². The van der Waals surface area contributed by atoms with Crippen LogP contribution < -0.4 is 0 Å². The molecule has 466 valence electrons. The predicted molar refractivity (Wildman–Crippen MR) is 357 cm³/mol. The maximum absolute atomic E-state index is 13.0. The van der Waals surface area contributed by atoms with Crippen LogP contribution in [0.15, 0.2) is 134 Å². The van der Waals surface area contributed by atoms with Gasteiger partial charge in [0.1, 0.15) is 13.2 Å². The zero-order chi connectivity index (χ0) is 59.2. The molecule has 0 saturated heterocycles. The van der Waals surface area contributed by atoms with Gasteiger partial charge in [0, 0.05) is 19.3 Å². The average Bonchev–Trinajstić information content (AvgIpc) is 3.47. The lowest BCUT2D eigenvalue weighted by molar-refractivity contribution is -0.167. The third-order valence-electron chi connectivity index (χ3n) is 14.4. The Bertz CT molecular complexity index is 1730. The molecule has 0 spiro atoms. The first kappa shape index (κ1) is 77.5. The molecule has 0 aromatic rings. The number of rotatable bonds is 61. The van der Waals surface area contributed by atoms with Crippen LogP contribution in [-0.4, -0.2) is 37.2 Å². The van der Waals surface area contributed by atoms with Gasteiger partial charge in [0.05, 0.1) is 0 Å². The molecule has 0 radical (unpaired) electrons. The molecule has 0 bridgehead atoms. The normalized spacial score (nSPS) is 13.0. The minimum absolute atomic E-state index is 0.0996. The SMILES string of the molecule is CC/C=C\C/C=C\C/C=C\C/C=C\C/C=C\C/C=C\C/C=C\CCCCCC(=O)OCC(COC(=O)CCCCCCCCC/C=C\CCCCCCCCC)OC(=O)CCCCCCCC/C=C\C/C=C\C/C=C\CCCCCCC. The molecule has 1 atom stereocenters. The zero-order valence-electron chi connectivity index (χ0n) is 53.5. The monoisotopic (exact) mass is 1130 g/mol. The molecule has 0 aliphatic heterocycles. The Balaban J connectivity index is 4.50. The molecule has 6 heteroatoms. The quantitative estimate of drug-likeness (QED) is 0.0261. The van der Waals surface area contributed by atoms with Crippen LogP contribution >= 0.6 is 0 Å². The van der Waals surface area contributed by atoms with Gasteiger partial charge in [0.2, 0.25) is 0 Å². The van der Waals surface area contributed by atoms with E-state index in [2.05, 4.69) is 154 Å². The highest BCUT2D eigenvalue weighted by Crippen LogP contribution is 2.15. The van der Waals surface area contributed by atoms with Crippen LogP contribution in [0.2, 0.25) is 0 Å². The van der Waals surface area contributed by atoms with Gasteiger partial charge < -0.3 is 14.2 Å². The molecule has 0 fully saturated rings. The van der Waals surface area contributed by atoms with Gasteiger partial charge in [-0.25, -0.2) is 0 Å². The van der Waals surface area contributed by atoms with Gasteiger partial charge >= 0.3 is 17.9 Å². The van der Waals surface area contributed by atoms with Crippen molar-refractivity contribution < 1.29 is 28.6 Å². The summed E-state index contributed by atoms with van der Waals surface area (Å²) in [5, 5.41) is 0. The minimum Gasteiger partial charge on any atom is -0.462 e. The van der Waals surface area contributed by atoms with Crippen molar-refractivity contribution in [1.29, 1.82) is 0 Å². The van der Waals surface area contributed by atoms with Crippen molar-refractivity contribution in [3.05, 3.63) is 134 Å². The van der Waals surface area contributed by atoms with Gasteiger partial charge in [-0.2, -0.15) is 0 Å². The van der Waals surface area contributed by atoms with Crippen LogP contribution in [0.25, 0.3) is 0 Å². The van der Waals surface area contributed by atoms with Gasteiger partial charge in [-0.3, -0.25) is 14.4 Å². The lowest BCUT2D eigenvalue weighted by atomic mass is 10.1. The lowest BCUT2D eigenvalue weighted by Gasteiger charge is -2.18. The highest BCUT2D eigenvalue weighted by Gasteiger charge is 2.19. The number of unbranched alkanes of at least 4 members (excludes halogenated alkanes) is 28. The van der Waals surface area contributed by atoms with E-state index in [0.29, 0.717) is 19.3 Å². The third kappa shape index (κ3) is 66.4. The highest BCUT2D eigenvalue weighted by atomic mass is 16.6. The standard InChI is InChI=1S/C76H126O6/c1-4-7-10-13-16-19-22-25-28-31-34-36-37-38-39-41-42-45-48-51-54-57-60-63-66-69-75(78)81-72-73(71-80-74(77)68-65-62-59-56-53-50-47-44-33-30-27-24-21-18-15-12-9-6-3)82-76(79)70-67-64-61-58-55-52-49-46-43-40-35-32-29-26-23-20-17-14-11-8-5-2/h7,10,16,19,23,25-26,28,30,32-36,38-39,42-43,45-46,51,54,73H,4-6,8-9,11-15,17-18,20-22,24,27,29,31,37,40-41,44,47-50,52-53,55-72H2,1-3H3/b10-7-,19-16-,26-23-,28-25-,33-30-,35-32-,36-34-,39-38-,45-42-,46-43-,54-51-. The van der Waals surface area contributed by atoms with Crippen LogP contribution in [-0.2, 0) is 28.6 Å². The fourth-order valence-corrected chi connectivity index (χ4v) is 9.25. The molecule has 82 heavy (non-hydrogen) atoms. The number of esters is 3. The second-order valence-corrected chi connectivity index (χ2v) is 22.3. The van der Waals surface area contributed by atoms with E-state index in [1.165, 1.54) is 135 Å². The summed E-state index contributed by atoms with van der Waals surface area (Å²) in [6.45, 7) is 6.49. The molecular formula is C76H126O6. The molecule has 0 aromatic heterocycles. The predicted octanol–water partition coefficient (Wildman–Crippen LogP) is 23.7. The second-order valence-electron chi connectivity index (χ2n) is 22.3. The van der Waals surface area contributed by atoms with E-state index >= 15 is 0 Å². The first-order valence-corrected chi connectivity index (χ1v) is 34.2. The highest BCUT2D eigenvalue weighted by molar-refractivity contribution is 5.71. The van der Waals surface area contributed by atoms with E-state index in [-0.39, 0.29) is 31.1 Å². The molecule has 0 rings (SSSR count). The minimum atomic E-state index is -0.808. The van der Waals surface area contributed by atoms with Crippen molar-refractivity contribution in [3.63, 3.8) is 0 Å². The molecule has 0 aliphatic rings. The van der Waals surface area contributed by atoms with Gasteiger partial charge in [0.15, 0.2) is 6.10 Å². The van der Waals surface area contributed by atoms with Crippen LogP contribution in [0.3, 0.4) is 0 Å². The molecule has 0 aromatic carbocycles. The largest absolute Gasteiger partial charge is 0.462 e. The summed E-state index contributed by atoms with van der Waals surface area (Å²) in [6, 6.07) is 0. The zero-order valence-corrected chi connectivity index (χ0v) is 53.5. The number of hydrogen-bond acceptors (Lipinski definition) is 6. The smallest absolute Gasteiger partial charge is 0.306 e. The van der Waals surface area contributed by atoms with E-state index in [1.807, 2.05) is 0 Å². The average molecular weight is 1140 g/mol. The Morgan fingerprint density at radius 1 is 0.256 bits per heavy atom. The first-order chi connectivity index (χ1) is 40.5. The maximum Gasteiger partial charge on any atom is 0.306 e. The van der Waals surface area contributed by atoms with Crippen molar-refractivity contribution in [2.45, 2.75) is 316 Å². The summed E-state index contributed by atoms with van der Waals surface area (Å²) in [6.07, 6.45) is 97.4. The summed E-state index contributed by atoms with van der Waals surface area (Å²) in [4.78, 5) is 38.4. The van der Waals surface area contributed by atoms with E-state index in [9.17, 15) is 14.4 Å². The van der Waals surface area contributed by atoms with E-state index < -0.39 is 6.10 Å². The topological polar surface area (TPSA) is 78.9 Å². The summed E-state index contributed by atoms with van der Waals surface area (Å²) in [5.74, 6) is -0.944. The number of carbonyl (C=O) groups excluding carboxylic acids is 3. The lowest BCUT2D eigenvalue weighted by Crippen LogP contribution is -2.30. The van der Waals surface area contributed by atoms with Crippen molar-refractivity contribution in [3.8, 4) is 0 Å². The molecule has 0 heterocycles. The summed E-state index contributed by atoms with van der Waals surface area (Å²) in [7, 11) is 0. The van der Waals surface area contributed by atoms with E-state index in [4.69, 9.17) is 14.2 Å². The number of hydrogen-bond donors (Lipinski definition) is 0. The number of carbonyl (C=O) groups is 3. The van der Waals surface area contributed by atoms with Crippen LogP contribution in [0.4, 0.5) is 0 Å². The van der Waals surface area contributed by atoms with Crippen molar-refractivity contribution in [1.82, 2.24) is 0 Å².